The quantitative estimate of drug-likeness (QED) is 0.599. The molecule has 24 heavy (non-hydrogen) atoms. The predicted molar refractivity (Wildman–Crippen MR) is 107 cm³/mol. The fourth-order valence-corrected chi connectivity index (χ4v) is 3.60. The molecule has 0 N–H and O–H groups in total. The van der Waals surface area contributed by atoms with Crippen LogP contribution < -0.4 is 4.90 Å². The van der Waals surface area contributed by atoms with Crippen molar-refractivity contribution in [2.75, 3.05) is 11.9 Å². The van der Waals surface area contributed by atoms with Gasteiger partial charge in [-0.2, -0.15) is 0 Å². The highest BCUT2D eigenvalue weighted by molar-refractivity contribution is 5.94. The monoisotopic (exact) mass is 317 g/mol. The van der Waals surface area contributed by atoms with Crippen molar-refractivity contribution in [3.05, 3.63) is 78.4 Å². The van der Waals surface area contributed by atoms with Gasteiger partial charge < -0.3 is 4.90 Å². The molecule has 2 aromatic carbocycles. The van der Waals surface area contributed by atoms with E-state index in [4.69, 9.17) is 0 Å². The van der Waals surface area contributed by atoms with Crippen LogP contribution in [0.15, 0.2) is 78.4 Å². The van der Waals surface area contributed by atoms with Gasteiger partial charge in [0.05, 0.1) is 6.04 Å². The van der Waals surface area contributed by atoms with Crippen molar-refractivity contribution in [1.82, 2.24) is 0 Å². The fourth-order valence-electron chi connectivity index (χ4n) is 3.60. The third-order valence-electron chi connectivity index (χ3n) is 5.04. The van der Waals surface area contributed by atoms with Crippen molar-refractivity contribution in [3.8, 4) is 0 Å². The zero-order valence-corrected chi connectivity index (χ0v) is 14.9. The molecule has 0 saturated heterocycles. The van der Waals surface area contributed by atoms with E-state index in [-0.39, 0.29) is 0 Å². The SMILES string of the molecule is C/C=C\C(CC)C1=CCC(N(C)c2cccc3ccccc23)C=C1. The predicted octanol–water partition coefficient (Wildman–Crippen LogP) is 6.13. The normalized spacial score (nSPS) is 18.8. The van der Waals surface area contributed by atoms with E-state index in [1.165, 1.54) is 22.0 Å². The Labute approximate surface area is 146 Å². The number of hydrogen-bond donors (Lipinski definition) is 0. The molecule has 2 aromatic rings. The van der Waals surface area contributed by atoms with Crippen LogP contribution in [0.4, 0.5) is 5.69 Å². The van der Waals surface area contributed by atoms with Gasteiger partial charge in [-0.25, -0.2) is 0 Å². The van der Waals surface area contributed by atoms with Gasteiger partial charge in [-0.1, -0.05) is 73.7 Å². The molecule has 0 aromatic heterocycles. The molecule has 3 rings (SSSR count). The van der Waals surface area contributed by atoms with Crippen LogP contribution in [-0.2, 0) is 0 Å². The first-order valence-electron chi connectivity index (χ1n) is 8.96. The molecule has 1 heteroatoms. The van der Waals surface area contributed by atoms with Gasteiger partial charge in [0.2, 0.25) is 0 Å². The summed E-state index contributed by atoms with van der Waals surface area (Å²) < 4.78 is 0. The Hall–Kier alpha value is -2.28. The van der Waals surface area contributed by atoms with Gasteiger partial charge in [0, 0.05) is 24.0 Å². The summed E-state index contributed by atoms with van der Waals surface area (Å²) in [4.78, 5) is 2.41. The minimum atomic E-state index is 0.419. The number of likely N-dealkylation sites (N-methyl/N-ethyl adjacent to an activating group) is 1. The second-order valence-corrected chi connectivity index (χ2v) is 6.52. The molecule has 2 atom stereocenters. The number of rotatable bonds is 5. The van der Waals surface area contributed by atoms with E-state index in [9.17, 15) is 0 Å². The van der Waals surface area contributed by atoms with Gasteiger partial charge in [-0.3, -0.25) is 0 Å². The maximum atomic E-state index is 2.42. The second-order valence-electron chi connectivity index (χ2n) is 6.52. The first kappa shape index (κ1) is 16.6. The molecular weight excluding hydrogens is 290 g/mol. The molecule has 0 fully saturated rings. The molecular formula is C23H27N. The smallest absolute Gasteiger partial charge is 0.0507 e. The summed E-state index contributed by atoms with van der Waals surface area (Å²) in [5.41, 5.74) is 2.76. The molecule has 0 amide bonds. The second kappa shape index (κ2) is 7.53. The van der Waals surface area contributed by atoms with Crippen LogP contribution in [0.5, 0.6) is 0 Å². The number of fused-ring (bicyclic) bond motifs is 1. The molecule has 1 nitrogen and oxygen atoms in total. The molecule has 0 spiro atoms. The van der Waals surface area contributed by atoms with E-state index in [2.05, 4.69) is 98.6 Å². The lowest BCUT2D eigenvalue weighted by Crippen LogP contribution is -2.30. The first-order chi connectivity index (χ1) is 11.7. The Morgan fingerprint density at radius 2 is 1.96 bits per heavy atom. The van der Waals surface area contributed by atoms with E-state index < -0.39 is 0 Å². The number of allylic oxidation sites excluding steroid dienone is 4. The van der Waals surface area contributed by atoms with E-state index in [0.717, 1.165) is 12.8 Å². The van der Waals surface area contributed by atoms with Gasteiger partial charge in [-0.05, 0) is 36.8 Å². The van der Waals surface area contributed by atoms with Crippen LogP contribution >= 0.6 is 0 Å². The number of anilines is 1. The molecule has 0 saturated carbocycles. The maximum Gasteiger partial charge on any atom is 0.0507 e. The summed E-state index contributed by atoms with van der Waals surface area (Å²) in [5.74, 6) is 0.551. The van der Waals surface area contributed by atoms with Crippen LogP contribution in [0.1, 0.15) is 26.7 Å². The summed E-state index contributed by atoms with van der Waals surface area (Å²) in [6.07, 6.45) is 13.8. The zero-order chi connectivity index (χ0) is 16.9. The highest BCUT2D eigenvalue weighted by Gasteiger charge is 2.18. The maximum absolute atomic E-state index is 2.42. The lowest BCUT2D eigenvalue weighted by atomic mass is 9.90. The third kappa shape index (κ3) is 3.31. The Kier molecular flexibility index (Phi) is 5.20. The number of benzene rings is 2. The highest BCUT2D eigenvalue weighted by Crippen LogP contribution is 2.30. The molecule has 0 bridgehead atoms. The Bertz CT molecular complexity index is 776. The average molecular weight is 317 g/mol. The van der Waals surface area contributed by atoms with E-state index in [1.807, 2.05) is 0 Å². The van der Waals surface area contributed by atoms with Crippen molar-refractivity contribution < 1.29 is 0 Å². The molecule has 124 valence electrons. The van der Waals surface area contributed by atoms with Gasteiger partial charge in [0.25, 0.3) is 0 Å². The van der Waals surface area contributed by atoms with Gasteiger partial charge >= 0.3 is 0 Å². The van der Waals surface area contributed by atoms with Gasteiger partial charge in [-0.15, -0.1) is 0 Å². The Morgan fingerprint density at radius 1 is 1.17 bits per heavy atom. The zero-order valence-electron chi connectivity index (χ0n) is 14.9. The summed E-state index contributed by atoms with van der Waals surface area (Å²) in [6, 6.07) is 15.6. The summed E-state index contributed by atoms with van der Waals surface area (Å²) in [5, 5.41) is 2.63. The van der Waals surface area contributed by atoms with E-state index in [0.29, 0.717) is 12.0 Å². The van der Waals surface area contributed by atoms with Crippen LogP contribution in [0.25, 0.3) is 10.8 Å². The topological polar surface area (TPSA) is 3.24 Å². The highest BCUT2D eigenvalue weighted by atomic mass is 15.1. The van der Waals surface area contributed by atoms with Crippen molar-refractivity contribution in [3.63, 3.8) is 0 Å². The lowest BCUT2D eigenvalue weighted by Gasteiger charge is -2.31. The van der Waals surface area contributed by atoms with Crippen LogP contribution in [0.3, 0.4) is 0 Å². The van der Waals surface area contributed by atoms with Crippen LogP contribution in [0, 0.1) is 5.92 Å². The Balaban J connectivity index is 1.81. The average Bonchev–Trinajstić information content (AvgIpc) is 2.65. The van der Waals surface area contributed by atoms with Gasteiger partial charge in [0.1, 0.15) is 0 Å². The third-order valence-corrected chi connectivity index (χ3v) is 5.04. The first-order valence-corrected chi connectivity index (χ1v) is 8.96. The molecule has 2 unspecified atom stereocenters. The largest absolute Gasteiger partial charge is 0.367 e. The van der Waals surface area contributed by atoms with E-state index in [1.54, 1.807) is 0 Å². The number of nitrogens with zero attached hydrogens (tertiary/aromatic N) is 1. The minimum Gasteiger partial charge on any atom is -0.367 e. The number of hydrogen-bond acceptors (Lipinski definition) is 1. The van der Waals surface area contributed by atoms with E-state index >= 15 is 0 Å². The molecule has 0 radical (unpaired) electrons. The molecule has 0 heterocycles. The fraction of sp³-hybridized carbons (Fsp3) is 0.304. The summed E-state index contributed by atoms with van der Waals surface area (Å²) in [7, 11) is 2.21. The molecule has 1 aliphatic carbocycles. The van der Waals surface area contributed by atoms with Crippen LogP contribution in [0.2, 0.25) is 0 Å². The summed E-state index contributed by atoms with van der Waals surface area (Å²) >= 11 is 0. The van der Waals surface area contributed by atoms with Crippen molar-refractivity contribution in [2.24, 2.45) is 5.92 Å². The molecule has 0 aliphatic heterocycles. The lowest BCUT2D eigenvalue weighted by molar-refractivity contribution is 0.700. The van der Waals surface area contributed by atoms with Crippen LogP contribution in [-0.4, -0.2) is 13.1 Å². The van der Waals surface area contributed by atoms with Crippen molar-refractivity contribution in [1.29, 1.82) is 0 Å². The standard InChI is InChI=1S/C23H27N/c1-4-9-18(5-2)19-14-16-21(17-15-19)24(3)23-13-8-11-20-10-6-7-12-22(20)23/h4,6-16,18,21H,5,17H2,1-3H3/b9-4-. The minimum absolute atomic E-state index is 0.419. The summed E-state index contributed by atoms with van der Waals surface area (Å²) in [6.45, 7) is 4.36. The van der Waals surface area contributed by atoms with Crippen molar-refractivity contribution in [2.45, 2.75) is 32.7 Å². The van der Waals surface area contributed by atoms with Crippen molar-refractivity contribution >= 4 is 16.5 Å². The molecule has 1 aliphatic rings. The Morgan fingerprint density at radius 3 is 2.67 bits per heavy atom. The van der Waals surface area contributed by atoms with Gasteiger partial charge in [0.15, 0.2) is 0 Å².